The Kier molecular flexibility index (Phi) is 6.40. The minimum absolute atomic E-state index is 0.228. The van der Waals surface area contributed by atoms with Crippen molar-refractivity contribution in [2.24, 2.45) is 0 Å². The van der Waals surface area contributed by atoms with E-state index in [0.29, 0.717) is 22.4 Å². The van der Waals surface area contributed by atoms with E-state index in [1.165, 1.54) is 12.1 Å². The number of aliphatic hydroxyl groups is 1. The Labute approximate surface area is 154 Å². The fourth-order valence-corrected chi connectivity index (χ4v) is 2.59. The molecule has 3 N–H and O–H groups in total. The van der Waals surface area contributed by atoms with Crippen LogP contribution in [0.3, 0.4) is 0 Å². The monoisotopic (exact) mass is 377 g/mol. The predicted molar refractivity (Wildman–Crippen MR) is 94.2 cm³/mol. The van der Waals surface area contributed by atoms with Crippen molar-refractivity contribution in [1.82, 2.24) is 15.1 Å². The summed E-state index contributed by atoms with van der Waals surface area (Å²) < 4.78 is 14.2. The zero-order chi connectivity index (χ0) is 20.1. The molecule has 2 aromatic rings. The highest BCUT2D eigenvalue weighted by molar-refractivity contribution is 5.96. The fraction of sp³-hybridized carbons (Fsp3) is 0.333. The normalized spacial score (nSPS) is 10.7. The lowest BCUT2D eigenvalue weighted by molar-refractivity contribution is -0.137. The van der Waals surface area contributed by atoms with E-state index in [0.717, 1.165) is 11.0 Å². The van der Waals surface area contributed by atoms with Crippen molar-refractivity contribution >= 4 is 11.9 Å². The summed E-state index contributed by atoms with van der Waals surface area (Å²) in [5, 5.41) is 24.3. The lowest BCUT2D eigenvalue weighted by atomic mass is 10.0. The highest BCUT2D eigenvalue weighted by Crippen LogP contribution is 2.17. The molecule has 1 aromatic heterocycles. The van der Waals surface area contributed by atoms with Gasteiger partial charge in [0, 0.05) is 18.5 Å². The van der Waals surface area contributed by atoms with Crippen LogP contribution in [0.1, 0.15) is 32.7 Å². The van der Waals surface area contributed by atoms with Crippen molar-refractivity contribution in [3.63, 3.8) is 0 Å². The summed E-state index contributed by atoms with van der Waals surface area (Å²) in [6, 6.07) is 3.93. The standard InChI is InChI=1S/C18H20FN3O5/c1-10-11(2)17(26)21-20-15(10)8-12-3-4-14(19)13(7-12)18(27)22(5-6-23)9-16(24)25/h3-4,7,23H,5-6,8-9H2,1-2H3,(H,21,26)(H,24,25). The first-order valence-electron chi connectivity index (χ1n) is 8.19. The van der Waals surface area contributed by atoms with E-state index in [2.05, 4.69) is 10.2 Å². The molecule has 0 spiro atoms. The largest absolute Gasteiger partial charge is 0.480 e. The number of carboxylic acids is 1. The minimum atomic E-state index is -1.27. The second-order valence-electron chi connectivity index (χ2n) is 6.08. The smallest absolute Gasteiger partial charge is 0.323 e. The molecule has 2 rings (SSSR count). The van der Waals surface area contributed by atoms with Crippen molar-refractivity contribution in [3.8, 4) is 0 Å². The Morgan fingerprint density at radius 1 is 1.26 bits per heavy atom. The Morgan fingerprint density at radius 3 is 2.59 bits per heavy atom. The fourth-order valence-electron chi connectivity index (χ4n) is 2.59. The zero-order valence-corrected chi connectivity index (χ0v) is 15.0. The van der Waals surface area contributed by atoms with E-state index in [1.807, 2.05) is 0 Å². The Balaban J connectivity index is 2.35. The maximum absolute atomic E-state index is 14.2. The molecule has 0 atom stereocenters. The number of aromatic nitrogens is 2. The van der Waals surface area contributed by atoms with Crippen LogP contribution in [0, 0.1) is 19.7 Å². The van der Waals surface area contributed by atoms with Crippen molar-refractivity contribution in [3.05, 3.63) is 62.3 Å². The molecular formula is C18H20FN3O5. The van der Waals surface area contributed by atoms with Gasteiger partial charge in [0.15, 0.2) is 0 Å². The van der Waals surface area contributed by atoms with Gasteiger partial charge < -0.3 is 15.1 Å². The number of H-pyrrole nitrogens is 1. The summed E-state index contributed by atoms with van der Waals surface area (Å²) >= 11 is 0. The third-order valence-corrected chi connectivity index (χ3v) is 4.24. The quantitative estimate of drug-likeness (QED) is 0.650. The second-order valence-corrected chi connectivity index (χ2v) is 6.08. The van der Waals surface area contributed by atoms with Crippen molar-refractivity contribution in [1.29, 1.82) is 0 Å². The van der Waals surface area contributed by atoms with Crippen LogP contribution in [0.25, 0.3) is 0 Å². The van der Waals surface area contributed by atoms with E-state index in [4.69, 9.17) is 10.2 Å². The first kappa shape index (κ1) is 20.2. The molecule has 1 heterocycles. The molecule has 1 aromatic carbocycles. The van der Waals surface area contributed by atoms with E-state index in [9.17, 15) is 18.8 Å². The van der Waals surface area contributed by atoms with E-state index in [1.54, 1.807) is 13.8 Å². The van der Waals surface area contributed by atoms with Crippen LogP contribution >= 0.6 is 0 Å². The van der Waals surface area contributed by atoms with Crippen LogP contribution in [-0.4, -0.2) is 56.9 Å². The van der Waals surface area contributed by atoms with Gasteiger partial charge in [0.2, 0.25) is 0 Å². The van der Waals surface area contributed by atoms with E-state index in [-0.39, 0.29) is 24.1 Å². The second kappa shape index (κ2) is 8.54. The van der Waals surface area contributed by atoms with Crippen LogP contribution in [0.2, 0.25) is 0 Å². The molecule has 0 radical (unpaired) electrons. The molecule has 0 fully saturated rings. The molecule has 0 aliphatic heterocycles. The predicted octanol–water partition coefficient (Wildman–Crippen LogP) is 0.636. The van der Waals surface area contributed by atoms with Gasteiger partial charge in [-0.15, -0.1) is 0 Å². The highest BCUT2D eigenvalue weighted by atomic mass is 19.1. The van der Waals surface area contributed by atoms with Crippen molar-refractivity contribution in [2.45, 2.75) is 20.3 Å². The summed E-state index contributed by atoms with van der Waals surface area (Å²) in [6.45, 7) is 2.09. The number of aromatic amines is 1. The topological polar surface area (TPSA) is 124 Å². The number of halogens is 1. The number of carbonyl (C=O) groups is 2. The van der Waals surface area contributed by atoms with Crippen LogP contribution in [0.4, 0.5) is 4.39 Å². The molecule has 27 heavy (non-hydrogen) atoms. The number of rotatable bonds is 7. The van der Waals surface area contributed by atoms with Crippen LogP contribution in [0.5, 0.6) is 0 Å². The van der Waals surface area contributed by atoms with Crippen molar-refractivity contribution in [2.75, 3.05) is 19.7 Å². The number of benzene rings is 1. The first-order valence-corrected chi connectivity index (χ1v) is 8.19. The van der Waals surface area contributed by atoms with Gasteiger partial charge in [0.05, 0.1) is 17.9 Å². The van der Waals surface area contributed by atoms with Crippen LogP contribution in [0.15, 0.2) is 23.0 Å². The lowest BCUT2D eigenvalue weighted by Crippen LogP contribution is -2.38. The van der Waals surface area contributed by atoms with Gasteiger partial charge in [-0.2, -0.15) is 5.10 Å². The van der Waals surface area contributed by atoms with E-state index < -0.39 is 30.8 Å². The maximum atomic E-state index is 14.2. The molecule has 0 aliphatic carbocycles. The molecule has 8 nitrogen and oxygen atoms in total. The van der Waals surface area contributed by atoms with Crippen LogP contribution in [-0.2, 0) is 11.2 Å². The molecule has 9 heteroatoms. The third kappa shape index (κ3) is 4.76. The summed E-state index contributed by atoms with van der Waals surface area (Å²) in [5.41, 5.74) is 1.79. The lowest BCUT2D eigenvalue weighted by Gasteiger charge is -2.20. The molecule has 0 saturated carbocycles. The number of hydrogen-bond acceptors (Lipinski definition) is 5. The molecule has 1 amide bonds. The van der Waals surface area contributed by atoms with Crippen molar-refractivity contribution < 1.29 is 24.2 Å². The summed E-state index contributed by atoms with van der Waals surface area (Å²) in [6.07, 6.45) is 0.253. The van der Waals surface area contributed by atoms with Gasteiger partial charge in [-0.1, -0.05) is 6.07 Å². The van der Waals surface area contributed by atoms with Gasteiger partial charge >= 0.3 is 5.97 Å². The first-order chi connectivity index (χ1) is 12.7. The van der Waals surface area contributed by atoms with Crippen LogP contribution < -0.4 is 5.56 Å². The molecular weight excluding hydrogens is 357 g/mol. The molecule has 0 saturated heterocycles. The van der Waals surface area contributed by atoms with Gasteiger partial charge in [0.25, 0.3) is 11.5 Å². The summed E-state index contributed by atoms with van der Waals surface area (Å²) in [5.74, 6) is -2.88. The van der Waals surface area contributed by atoms with Gasteiger partial charge in [0.1, 0.15) is 12.4 Å². The Morgan fingerprint density at radius 2 is 1.96 bits per heavy atom. The number of carboxylic acid groups (broad SMARTS) is 1. The summed E-state index contributed by atoms with van der Waals surface area (Å²) in [4.78, 5) is 35.8. The Hall–Kier alpha value is -3.07. The highest BCUT2D eigenvalue weighted by Gasteiger charge is 2.22. The van der Waals surface area contributed by atoms with Gasteiger partial charge in [-0.05, 0) is 37.1 Å². The Bertz CT molecular complexity index is 926. The number of amides is 1. The number of aliphatic carboxylic acids is 1. The zero-order valence-electron chi connectivity index (χ0n) is 15.0. The number of nitrogens with zero attached hydrogens (tertiary/aromatic N) is 2. The average Bonchev–Trinajstić information content (AvgIpc) is 2.62. The average molecular weight is 377 g/mol. The third-order valence-electron chi connectivity index (χ3n) is 4.24. The molecule has 0 unspecified atom stereocenters. The number of carbonyl (C=O) groups excluding carboxylic acids is 1. The molecule has 144 valence electrons. The number of aliphatic hydroxyl groups excluding tert-OH is 1. The van der Waals surface area contributed by atoms with Gasteiger partial charge in [-0.3, -0.25) is 14.4 Å². The molecule has 0 bridgehead atoms. The maximum Gasteiger partial charge on any atom is 0.323 e. The summed E-state index contributed by atoms with van der Waals surface area (Å²) in [7, 11) is 0. The minimum Gasteiger partial charge on any atom is -0.480 e. The van der Waals surface area contributed by atoms with E-state index >= 15 is 0 Å². The SMILES string of the molecule is Cc1c(Cc2ccc(F)c(C(=O)N(CCO)CC(=O)O)c2)n[nH]c(=O)c1C. The number of nitrogens with one attached hydrogen (secondary N) is 1. The van der Waals surface area contributed by atoms with Gasteiger partial charge in [-0.25, -0.2) is 9.49 Å². The number of hydrogen-bond donors (Lipinski definition) is 3. The molecule has 0 aliphatic rings.